The van der Waals surface area contributed by atoms with E-state index in [1.807, 2.05) is 18.2 Å². The number of benzene rings is 1. The topological polar surface area (TPSA) is 96.3 Å². The van der Waals surface area contributed by atoms with Gasteiger partial charge in [-0.25, -0.2) is 9.59 Å². The van der Waals surface area contributed by atoms with E-state index in [1.165, 1.54) is 7.11 Å². The highest BCUT2D eigenvalue weighted by Crippen LogP contribution is 2.26. The summed E-state index contributed by atoms with van der Waals surface area (Å²) in [4.78, 5) is 25.0. The molecule has 2 rings (SSSR count). The van der Waals surface area contributed by atoms with Crippen molar-refractivity contribution < 1.29 is 29.3 Å². The summed E-state index contributed by atoms with van der Waals surface area (Å²) in [6.45, 7) is -0.423. The van der Waals surface area contributed by atoms with E-state index in [-0.39, 0.29) is 13.0 Å². The van der Waals surface area contributed by atoms with E-state index in [4.69, 9.17) is 4.74 Å². The molecule has 0 unspecified atom stereocenters. The minimum Gasteiger partial charge on any atom is -0.467 e. The molecule has 0 bridgehead atoms. The molecule has 0 aliphatic carbocycles. The van der Waals surface area contributed by atoms with Crippen molar-refractivity contribution >= 4 is 12.1 Å². The number of aliphatic hydroxyl groups is 2. The fraction of sp³-hybridized carbons (Fsp3) is 0.467. The molecular formula is C15H19NO6. The third-order valence-corrected chi connectivity index (χ3v) is 3.68. The van der Waals surface area contributed by atoms with E-state index in [0.717, 1.165) is 10.5 Å². The Morgan fingerprint density at radius 2 is 2.00 bits per heavy atom. The van der Waals surface area contributed by atoms with Gasteiger partial charge in [0.1, 0.15) is 12.6 Å². The molecule has 1 aliphatic heterocycles. The van der Waals surface area contributed by atoms with Crippen LogP contribution in [0, 0.1) is 0 Å². The van der Waals surface area contributed by atoms with Crippen LogP contribution in [-0.4, -0.2) is 59.1 Å². The zero-order valence-electron chi connectivity index (χ0n) is 12.2. The second kappa shape index (κ2) is 7.24. The number of carbonyl (C=O) groups excluding carboxylic acids is 2. The Morgan fingerprint density at radius 3 is 2.59 bits per heavy atom. The molecule has 1 aromatic carbocycles. The van der Waals surface area contributed by atoms with Crippen LogP contribution in [0.5, 0.6) is 0 Å². The van der Waals surface area contributed by atoms with Crippen molar-refractivity contribution in [2.24, 2.45) is 0 Å². The number of methoxy groups -OCH3 is 1. The predicted octanol–water partition coefficient (Wildman–Crippen LogP) is 0.292. The van der Waals surface area contributed by atoms with E-state index in [9.17, 15) is 19.8 Å². The first-order valence-corrected chi connectivity index (χ1v) is 6.94. The number of aliphatic hydroxyl groups excluding tert-OH is 2. The zero-order valence-corrected chi connectivity index (χ0v) is 12.2. The van der Waals surface area contributed by atoms with Crippen LogP contribution in [-0.2, 0) is 20.9 Å². The fourth-order valence-electron chi connectivity index (χ4n) is 2.53. The highest BCUT2D eigenvalue weighted by molar-refractivity contribution is 5.82. The lowest BCUT2D eigenvalue weighted by atomic mass is 10.1. The average Bonchev–Trinajstić information content (AvgIpc) is 2.89. The molecule has 0 saturated carbocycles. The molecular weight excluding hydrogens is 290 g/mol. The Kier molecular flexibility index (Phi) is 5.35. The number of amides is 1. The second-order valence-corrected chi connectivity index (χ2v) is 5.04. The third kappa shape index (κ3) is 3.37. The number of hydrogen-bond acceptors (Lipinski definition) is 6. The fourth-order valence-corrected chi connectivity index (χ4v) is 2.53. The Balaban J connectivity index is 2.08. The lowest BCUT2D eigenvalue weighted by Crippen LogP contribution is -2.48. The third-order valence-electron chi connectivity index (χ3n) is 3.68. The van der Waals surface area contributed by atoms with Gasteiger partial charge in [0, 0.05) is 6.42 Å². The quantitative estimate of drug-likeness (QED) is 0.776. The number of nitrogens with zero attached hydrogens (tertiary/aromatic N) is 1. The Bertz CT molecular complexity index is 520. The van der Waals surface area contributed by atoms with Gasteiger partial charge in [0.2, 0.25) is 0 Å². The van der Waals surface area contributed by atoms with Crippen molar-refractivity contribution in [2.45, 2.75) is 31.2 Å². The van der Waals surface area contributed by atoms with E-state index in [1.54, 1.807) is 12.1 Å². The van der Waals surface area contributed by atoms with Crippen LogP contribution in [0.4, 0.5) is 4.79 Å². The second-order valence-electron chi connectivity index (χ2n) is 5.04. The summed E-state index contributed by atoms with van der Waals surface area (Å²) in [6.07, 6.45) is -1.76. The molecule has 1 heterocycles. The van der Waals surface area contributed by atoms with Gasteiger partial charge < -0.3 is 19.7 Å². The number of rotatable bonds is 4. The smallest absolute Gasteiger partial charge is 0.411 e. The van der Waals surface area contributed by atoms with Gasteiger partial charge in [-0.05, 0) is 5.56 Å². The van der Waals surface area contributed by atoms with Crippen molar-refractivity contribution in [3.05, 3.63) is 35.9 Å². The van der Waals surface area contributed by atoms with Crippen LogP contribution >= 0.6 is 0 Å². The Morgan fingerprint density at radius 1 is 1.32 bits per heavy atom. The normalized spacial score (nSPS) is 24.1. The summed E-state index contributed by atoms with van der Waals surface area (Å²) in [5, 5.41) is 19.2. The standard InChI is InChI=1S/C15H19NO6/c1-21-14(19)11-7-13(18)12(8-17)16(11)15(20)22-9-10-5-3-2-4-6-10/h2-6,11-13,17-18H,7-9H2,1H3/t11-,12+,13-/m0/s1. The molecule has 0 aromatic heterocycles. The number of hydrogen-bond donors (Lipinski definition) is 2. The van der Waals surface area contributed by atoms with Crippen molar-refractivity contribution in [3.63, 3.8) is 0 Å². The molecule has 1 amide bonds. The van der Waals surface area contributed by atoms with Gasteiger partial charge in [0.05, 0.1) is 25.9 Å². The predicted molar refractivity (Wildman–Crippen MR) is 75.8 cm³/mol. The van der Waals surface area contributed by atoms with Gasteiger partial charge in [-0.2, -0.15) is 0 Å². The van der Waals surface area contributed by atoms with Crippen LogP contribution in [0.3, 0.4) is 0 Å². The van der Waals surface area contributed by atoms with Crippen LogP contribution < -0.4 is 0 Å². The first kappa shape index (κ1) is 16.3. The minimum absolute atomic E-state index is 0.0122. The SMILES string of the molecule is COC(=O)[C@@H]1C[C@H](O)[C@@H](CO)N1C(=O)OCc1ccccc1. The summed E-state index contributed by atoms with van der Waals surface area (Å²) in [5.74, 6) is -0.647. The summed E-state index contributed by atoms with van der Waals surface area (Å²) in [6, 6.07) is 7.23. The van der Waals surface area contributed by atoms with Crippen LogP contribution in [0.25, 0.3) is 0 Å². The van der Waals surface area contributed by atoms with E-state index in [0.29, 0.717) is 0 Å². The molecule has 1 saturated heterocycles. The summed E-state index contributed by atoms with van der Waals surface area (Å²) in [5.41, 5.74) is 0.797. The van der Waals surface area contributed by atoms with Crippen molar-refractivity contribution in [2.75, 3.05) is 13.7 Å². The van der Waals surface area contributed by atoms with Crippen molar-refractivity contribution in [1.82, 2.24) is 4.90 Å². The van der Waals surface area contributed by atoms with Crippen molar-refractivity contribution in [1.29, 1.82) is 0 Å². The maximum absolute atomic E-state index is 12.2. The number of carbonyl (C=O) groups is 2. The number of esters is 1. The molecule has 120 valence electrons. The van der Waals surface area contributed by atoms with Crippen LogP contribution in [0.15, 0.2) is 30.3 Å². The summed E-state index contributed by atoms with van der Waals surface area (Å²) in [7, 11) is 1.20. The molecule has 2 N–H and O–H groups in total. The zero-order chi connectivity index (χ0) is 16.1. The molecule has 1 aromatic rings. The van der Waals surface area contributed by atoms with Gasteiger partial charge in [-0.15, -0.1) is 0 Å². The molecule has 0 radical (unpaired) electrons. The summed E-state index contributed by atoms with van der Waals surface area (Å²) < 4.78 is 9.81. The first-order chi connectivity index (χ1) is 10.6. The highest BCUT2D eigenvalue weighted by atomic mass is 16.6. The first-order valence-electron chi connectivity index (χ1n) is 6.94. The molecule has 7 heteroatoms. The molecule has 1 aliphatic rings. The highest BCUT2D eigenvalue weighted by Gasteiger charge is 2.47. The lowest BCUT2D eigenvalue weighted by Gasteiger charge is -2.27. The molecule has 22 heavy (non-hydrogen) atoms. The maximum Gasteiger partial charge on any atom is 0.411 e. The molecule has 1 fully saturated rings. The maximum atomic E-state index is 12.2. The monoisotopic (exact) mass is 309 g/mol. The van der Waals surface area contributed by atoms with Gasteiger partial charge >= 0.3 is 12.1 Å². The van der Waals surface area contributed by atoms with E-state index >= 15 is 0 Å². The van der Waals surface area contributed by atoms with Gasteiger partial charge in [0.15, 0.2) is 0 Å². The van der Waals surface area contributed by atoms with E-state index < -0.39 is 36.9 Å². The van der Waals surface area contributed by atoms with Gasteiger partial charge in [-0.3, -0.25) is 4.90 Å². The van der Waals surface area contributed by atoms with Gasteiger partial charge in [0.25, 0.3) is 0 Å². The molecule has 0 spiro atoms. The average molecular weight is 309 g/mol. The Hall–Kier alpha value is -2.12. The van der Waals surface area contributed by atoms with Crippen LogP contribution in [0.1, 0.15) is 12.0 Å². The van der Waals surface area contributed by atoms with Crippen molar-refractivity contribution in [3.8, 4) is 0 Å². The molecule has 7 nitrogen and oxygen atoms in total. The Labute approximate surface area is 128 Å². The number of likely N-dealkylation sites (tertiary alicyclic amines) is 1. The van der Waals surface area contributed by atoms with Crippen LogP contribution in [0.2, 0.25) is 0 Å². The largest absolute Gasteiger partial charge is 0.467 e. The van der Waals surface area contributed by atoms with E-state index in [2.05, 4.69) is 4.74 Å². The molecule has 3 atom stereocenters. The van der Waals surface area contributed by atoms with Gasteiger partial charge in [-0.1, -0.05) is 30.3 Å². The number of ether oxygens (including phenoxy) is 2. The minimum atomic E-state index is -1.00. The summed E-state index contributed by atoms with van der Waals surface area (Å²) >= 11 is 0. The lowest BCUT2D eigenvalue weighted by molar-refractivity contribution is -0.146.